The third-order valence-corrected chi connectivity index (χ3v) is 2.53. The second kappa shape index (κ2) is 4.94. The van der Waals surface area contributed by atoms with E-state index in [0.29, 0.717) is 6.54 Å². The van der Waals surface area contributed by atoms with E-state index in [9.17, 15) is 0 Å². The topological polar surface area (TPSA) is 55.9 Å². The van der Waals surface area contributed by atoms with Gasteiger partial charge in [-0.2, -0.15) is 5.10 Å². The van der Waals surface area contributed by atoms with Gasteiger partial charge in [0.2, 0.25) is 0 Å². The lowest BCUT2D eigenvalue weighted by Crippen LogP contribution is -2.20. The van der Waals surface area contributed by atoms with Crippen molar-refractivity contribution in [2.75, 3.05) is 0 Å². The highest BCUT2D eigenvalue weighted by Crippen LogP contribution is 2.12. The molecule has 0 aliphatic rings. The van der Waals surface area contributed by atoms with Crippen molar-refractivity contribution >= 4 is 0 Å². The molecule has 5 heteroatoms. The number of rotatable bonds is 5. The number of aryl methyl sites for hydroxylation is 1. The van der Waals surface area contributed by atoms with Crippen molar-refractivity contribution in [1.82, 2.24) is 20.1 Å². The lowest BCUT2D eigenvalue weighted by Gasteiger charge is -2.10. The molecule has 0 saturated carbocycles. The van der Waals surface area contributed by atoms with Crippen molar-refractivity contribution < 1.29 is 4.42 Å². The first-order valence-electron chi connectivity index (χ1n) is 5.44. The molecule has 0 aliphatic heterocycles. The quantitative estimate of drug-likeness (QED) is 0.834. The summed E-state index contributed by atoms with van der Waals surface area (Å²) in [4.78, 5) is 4.20. The molecule has 0 aromatic carbocycles. The molecule has 2 heterocycles. The summed E-state index contributed by atoms with van der Waals surface area (Å²) in [7, 11) is 0. The first-order chi connectivity index (χ1) is 7.81. The van der Waals surface area contributed by atoms with Gasteiger partial charge in [-0.15, -0.1) is 0 Å². The SMILES string of the molecule is CCn1ncnc1CN[C@@H](C)c1ccco1. The third kappa shape index (κ3) is 2.30. The average Bonchev–Trinajstić information content (AvgIpc) is 2.96. The summed E-state index contributed by atoms with van der Waals surface area (Å²) < 4.78 is 7.19. The van der Waals surface area contributed by atoms with Crippen molar-refractivity contribution in [3.8, 4) is 0 Å². The first kappa shape index (κ1) is 10.9. The molecule has 0 saturated heterocycles. The second-order valence-electron chi connectivity index (χ2n) is 3.61. The molecule has 2 aromatic heterocycles. The number of hydrogen-bond donors (Lipinski definition) is 1. The zero-order chi connectivity index (χ0) is 11.4. The van der Waals surface area contributed by atoms with Gasteiger partial charge in [0.1, 0.15) is 17.9 Å². The summed E-state index contributed by atoms with van der Waals surface area (Å²) in [6.45, 7) is 5.64. The number of nitrogens with one attached hydrogen (secondary N) is 1. The monoisotopic (exact) mass is 220 g/mol. The largest absolute Gasteiger partial charge is 0.468 e. The lowest BCUT2D eigenvalue weighted by atomic mass is 10.2. The molecule has 86 valence electrons. The standard InChI is InChI=1S/C11H16N4O/c1-3-15-11(13-8-14-15)7-12-9(2)10-5-4-6-16-10/h4-6,8-9,12H,3,7H2,1-2H3/t9-/m0/s1. The van der Waals surface area contributed by atoms with Crippen LogP contribution in [0.5, 0.6) is 0 Å². The van der Waals surface area contributed by atoms with Crippen LogP contribution >= 0.6 is 0 Å². The fourth-order valence-electron chi connectivity index (χ4n) is 1.57. The molecule has 0 amide bonds. The lowest BCUT2D eigenvalue weighted by molar-refractivity contribution is 0.422. The van der Waals surface area contributed by atoms with Gasteiger partial charge in [0.05, 0.1) is 18.8 Å². The first-order valence-corrected chi connectivity index (χ1v) is 5.44. The molecule has 2 rings (SSSR count). The van der Waals surface area contributed by atoms with Crippen molar-refractivity contribution in [3.05, 3.63) is 36.3 Å². The Morgan fingerprint density at radius 1 is 1.56 bits per heavy atom. The molecule has 16 heavy (non-hydrogen) atoms. The van der Waals surface area contributed by atoms with Crippen LogP contribution in [0.4, 0.5) is 0 Å². The minimum atomic E-state index is 0.178. The van der Waals surface area contributed by atoms with E-state index in [-0.39, 0.29) is 6.04 Å². The average molecular weight is 220 g/mol. The van der Waals surface area contributed by atoms with Crippen LogP contribution in [0.2, 0.25) is 0 Å². The van der Waals surface area contributed by atoms with Gasteiger partial charge in [-0.1, -0.05) is 0 Å². The van der Waals surface area contributed by atoms with Gasteiger partial charge in [-0.3, -0.25) is 0 Å². The molecule has 1 atom stereocenters. The Morgan fingerprint density at radius 2 is 2.44 bits per heavy atom. The Morgan fingerprint density at radius 3 is 3.12 bits per heavy atom. The van der Waals surface area contributed by atoms with Crippen LogP contribution in [0.15, 0.2) is 29.1 Å². The van der Waals surface area contributed by atoms with E-state index >= 15 is 0 Å². The normalized spacial score (nSPS) is 12.9. The highest BCUT2D eigenvalue weighted by atomic mass is 16.3. The Balaban J connectivity index is 1.92. The zero-order valence-electron chi connectivity index (χ0n) is 9.55. The summed E-state index contributed by atoms with van der Waals surface area (Å²) in [5.41, 5.74) is 0. The molecule has 0 unspecified atom stereocenters. The van der Waals surface area contributed by atoms with Crippen LogP contribution in [0, 0.1) is 0 Å². The van der Waals surface area contributed by atoms with E-state index in [1.54, 1.807) is 12.6 Å². The Labute approximate surface area is 94.5 Å². The predicted molar refractivity (Wildman–Crippen MR) is 59.7 cm³/mol. The molecular weight excluding hydrogens is 204 g/mol. The fourth-order valence-corrected chi connectivity index (χ4v) is 1.57. The Kier molecular flexibility index (Phi) is 3.36. The molecule has 0 aliphatic carbocycles. The van der Waals surface area contributed by atoms with Crippen LogP contribution in [0.1, 0.15) is 31.5 Å². The van der Waals surface area contributed by atoms with E-state index in [2.05, 4.69) is 22.3 Å². The maximum Gasteiger partial charge on any atom is 0.140 e. The molecule has 0 fully saturated rings. The van der Waals surface area contributed by atoms with E-state index in [0.717, 1.165) is 18.1 Å². The molecule has 1 N–H and O–H groups in total. The van der Waals surface area contributed by atoms with Gasteiger partial charge in [-0.25, -0.2) is 9.67 Å². The molecule has 0 spiro atoms. The molecular formula is C11H16N4O. The predicted octanol–water partition coefficient (Wildman–Crippen LogP) is 1.74. The van der Waals surface area contributed by atoms with E-state index in [1.165, 1.54) is 0 Å². The van der Waals surface area contributed by atoms with Gasteiger partial charge in [0.25, 0.3) is 0 Å². The van der Waals surface area contributed by atoms with Crippen LogP contribution < -0.4 is 5.32 Å². The minimum absolute atomic E-state index is 0.178. The Hall–Kier alpha value is -1.62. The maximum atomic E-state index is 5.32. The zero-order valence-corrected chi connectivity index (χ0v) is 9.55. The van der Waals surface area contributed by atoms with E-state index < -0.39 is 0 Å². The van der Waals surface area contributed by atoms with Crippen molar-refractivity contribution in [3.63, 3.8) is 0 Å². The van der Waals surface area contributed by atoms with Gasteiger partial charge in [-0.05, 0) is 26.0 Å². The fraction of sp³-hybridized carbons (Fsp3) is 0.455. The van der Waals surface area contributed by atoms with Crippen molar-refractivity contribution in [2.24, 2.45) is 0 Å². The van der Waals surface area contributed by atoms with Crippen LogP contribution in [0.3, 0.4) is 0 Å². The molecule has 0 radical (unpaired) electrons. The van der Waals surface area contributed by atoms with Gasteiger partial charge in [0.15, 0.2) is 0 Å². The van der Waals surface area contributed by atoms with E-state index in [4.69, 9.17) is 4.42 Å². The summed E-state index contributed by atoms with van der Waals surface area (Å²) >= 11 is 0. The van der Waals surface area contributed by atoms with Crippen LogP contribution in [-0.4, -0.2) is 14.8 Å². The van der Waals surface area contributed by atoms with E-state index in [1.807, 2.05) is 23.7 Å². The number of aromatic nitrogens is 3. The summed E-state index contributed by atoms with van der Waals surface area (Å²) in [5.74, 6) is 1.88. The van der Waals surface area contributed by atoms with Crippen molar-refractivity contribution in [1.29, 1.82) is 0 Å². The summed E-state index contributed by atoms with van der Waals surface area (Å²) in [6.07, 6.45) is 3.26. The number of nitrogens with zero attached hydrogens (tertiary/aromatic N) is 3. The Bertz CT molecular complexity index is 421. The van der Waals surface area contributed by atoms with Crippen LogP contribution in [0.25, 0.3) is 0 Å². The van der Waals surface area contributed by atoms with Crippen molar-refractivity contribution in [2.45, 2.75) is 33.0 Å². The van der Waals surface area contributed by atoms with Gasteiger partial charge >= 0.3 is 0 Å². The number of furan rings is 1. The highest BCUT2D eigenvalue weighted by molar-refractivity contribution is 5.03. The molecule has 0 bridgehead atoms. The smallest absolute Gasteiger partial charge is 0.140 e. The highest BCUT2D eigenvalue weighted by Gasteiger charge is 2.09. The minimum Gasteiger partial charge on any atom is -0.468 e. The van der Waals surface area contributed by atoms with Gasteiger partial charge in [0, 0.05) is 6.54 Å². The van der Waals surface area contributed by atoms with Gasteiger partial charge < -0.3 is 9.73 Å². The summed E-state index contributed by atoms with van der Waals surface area (Å²) in [6, 6.07) is 4.03. The third-order valence-electron chi connectivity index (χ3n) is 2.53. The molecule has 5 nitrogen and oxygen atoms in total. The molecule has 2 aromatic rings. The maximum absolute atomic E-state index is 5.32. The second-order valence-corrected chi connectivity index (χ2v) is 3.61. The van der Waals surface area contributed by atoms with Crippen LogP contribution in [-0.2, 0) is 13.1 Å². The summed E-state index contributed by atoms with van der Waals surface area (Å²) in [5, 5.41) is 7.46. The number of hydrogen-bond acceptors (Lipinski definition) is 4.